The number of halogens is 1. The highest BCUT2D eigenvalue weighted by Gasteiger charge is 2.54. The zero-order chi connectivity index (χ0) is 17.5. The second-order valence-corrected chi connectivity index (χ2v) is 8.51. The molecule has 1 saturated heterocycles. The Morgan fingerprint density at radius 3 is 2.50 bits per heavy atom. The van der Waals surface area contributed by atoms with Crippen LogP contribution in [0.1, 0.15) is 44.0 Å². The smallest absolute Gasteiger partial charge is 0.410 e. The lowest BCUT2D eigenvalue weighted by atomic mass is 10.1. The molecule has 1 aromatic carbocycles. The molecule has 130 valence electrons. The zero-order valence-corrected chi connectivity index (χ0v) is 15.9. The summed E-state index contributed by atoms with van der Waals surface area (Å²) in [5.41, 5.74) is -0.0348. The minimum Gasteiger partial charge on any atom is -0.444 e. The average molecular weight is 395 g/mol. The number of rotatable bonds is 1. The SMILES string of the molecule is CC(C)(C)OC(=O)N1CCN(C(=O)c2cccc(Br)c2)C2(CC2)C1. The highest BCUT2D eigenvalue weighted by molar-refractivity contribution is 9.10. The van der Waals surface area contributed by atoms with E-state index in [2.05, 4.69) is 15.9 Å². The Bertz CT molecular complexity index is 664. The number of hydrogen-bond acceptors (Lipinski definition) is 3. The third-order valence-corrected chi connectivity index (χ3v) is 4.94. The molecule has 0 aromatic heterocycles. The first-order valence-electron chi connectivity index (χ1n) is 8.26. The van der Waals surface area contributed by atoms with Crippen molar-refractivity contribution in [3.05, 3.63) is 34.3 Å². The van der Waals surface area contributed by atoms with Crippen LogP contribution in [0.15, 0.2) is 28.7 Å². The van der Waals surface area contributed by atoms with Crippen LogP contribution in [0.3, 0.4) is 0 Å². The standard InChI is InChI=1S/C18H23BrN2O3/c1-17(2,3)24-16(23)20-9-10-21(18(12-20)7-8-18)15(22)13-5-4-6-14(19)11-13/h4-6,11H,7-10,12H2,1-3H3. The van der Waals surface area contributed by atoms with Crippen LogP contribution in [-0.4, -0.2) is 52.6 Å². The van der Waals surface area contributed by atoms with Gasteiger partial charge in [0.05, 0.1) is 5.54 Å². The molecule has 1 aromatic rings. The van der Waals surface area contributed by atoms with Crippen molar-refractivity contribution < 1.29 is 14.3 Å². The van der Waals surface area contributed by atoms with E-state index in [0.29, 0.717) is 25.2 Å². The molecule has 1 spiro atoms. The lowest BCUT2D eigenvalue weighted by molar-refractivity contribution is 0.000634. The number of piperazine rings is 1. The summed E-state index contributed by atoms with van der Waals surface area (Å²) in [6.07, 6.45) is 1.58. The van der Waals surface area contributed by atoms with Gasteiger partial charge in [0.25, 0.3) is 5.91 Å². The van der Waals surface area contributed by atoms with Crippen LogP contribution in [0.25, 0.3) is 0 Å². The molecular formula is C18H23BrN2O3. The number of nitrogens with zero attached hydrogens (tertiary/aromatic N) is 2. The maximum Gasteiger partial charge on any atom is 0.410 e. The summed E-state index contributed by atoms with van der Waals surface area (Å²) in [6, 6.07) is 7.46. The van der Waals surface area contributed by atoms with Gasteiger partial charge in [-0.3, -0.25) is 4.79 Å². The van der Waals surface area contributed by atoms with E-state index in [-0.39, 0.29) is 17.5 Å². The van der Waals surface area contributed by atoms with Crippen molar-refractivity contribution in [2.75, 3.05) is 19.6 Å². The molecule has 1 aliphatic carbocycles. The second kappa shape index (κ2) is 6.06. The Labute approximate surface area is 151 Å². The number of ether oxygens (including phenoxy) is 1. The summed E-state index contributed by atoms with van der Waals surface area (Å²) >= 11 is 3.41. The third-order valence-electron chi connectivity index (χ3n) is 4.45. The summed E-state index contributed by atoms with van der Waals surface area (Å²) in [7, 11) is 0. The Morgan fingerprint density at radius 1 is 1.21 bits per heavy atom. The van der Waals surface area contributed by atoms with Crippen LogP contribution in [0.4, 0.5) is 4.79 Å². The Hall–Kier alpha value is -1.56. The predicted octanol–water partition coefficient (Wildman–Crippen LogP) is 3.67. The van der Waals surface area contributed by atoms with Crippen LogP contribution >= 0.6 is 15.9 Å². The summed E-state index contributed by atoms with van der Waals surface area (Å²) in [6.45, 7) is 7.21. The predicted molar refractivity (Wildman–Crippen MR) is 95.0 cm³/mol. The van der Waals surface area contributed by atoms with E-state index in [0.717, 1.165) is 17.3 Å². The van der Waals surface area contributed by atoms with Gasteiger partial charge in [0, 0.05) is 29.7 Å². The summed E-state index contributed by atoms with van der Waals surface area (Å²) in [5, 5.41) is 0. The normalized spacial score (nSPS) is 19.3. The highest BCUT2D eigenvalue weighted by atomic mass is 79.9. The van der Waals surface area contributed by atoms with E-state index in [1.807, 2.05) is 49.9 Å². The maximum atomic E-state index is 12.9. The molecule has 0 N–H and O–H groups in total. The Balaban J connectivity index is 1.71. The van der Waals surface area contributed by atoms with E-state index in [4.69, 9.17) is 4.74 Å². The molecule has 5 nitrogen and oxygen atoms in total. The molecule has 1 saturated carbocycles. The molecule has 2 amide bonds. The molecule has 1 heterocycles. The number of benzene rings is 1. The molecule has 0 bridgehead atoms. The van der Waals surface area contributed by atoms with Gasteiger partial charge >= 0.3 is 6.09 Å². The van der Waals surface area contributed by atoms with E-state index in [1.165, 1.54) is 0 Å². The summed E-state index contributed by atoms with van der Waals surface area (Å²) in [5.74, 6) is 0.0395. The largest absolute Gasteiger partial charge is 0.444 e. The van der Waals surface area contributed by atoms with Gasteiger partial charge in [0.15, 0.2) is 0 Å². The molecule has 0 unspecified atom stereocenters. The first-order valence-corrected chi connectivity index (χ1v) is 9.05. The number of hydrogen-bond donors (Lipinski definition) is 0. The van der Waals surface area contributed by atoms with E-state index in [1.54, 1.807) is 4.90 Å². The Kier molecular flexibility index (Phi) is 4.36. The van der Waals surface area contributed by atoms with E-state index in [9.17, 15) is 9.59 Å². The monoisotopic (exact) mass is 394 g/mol. The highest BCUT2D eigenvalue weighted by Crippen LogP contribution is 2.45. The van der Waals surface area contributed by atoms with Crippen molar-refractivity contribution >= 4 is 27.9 Å². The topological polar surface area (TPSA) is 49.9 Å². The Morgan fingerprint density at radius 2 is 1.92 bits per heavy atom. The van der Waals surface area contributed by atoms with Crippen LogP contribution in [-0.2, 0) is 4.74 Å². The molecule has 6 heteroatoms. The molecule has 2 fully saturated rings. The number of amides is 2. The van der Waals surface area contributed by atoms with E-state index >= 15 is 0 Å². The number of carbonyl (C=O) groups is 2. The first kappa shape index (κ1) is 17.3. The average Bonchev–Trinajstić information content (AvgIpc) is 3.24. The maximum absolute atomic E-state index is 12.9. The van der Waals surface area contributed by atoms with Crippen molar-refractivity contribution in [2.45, 2.75) is 44.8 Å². The van der Waals surface area contributed by atoms with Crippen molar-refractivity contribution in [2.24, 2.45) is 0 Å². The zero-order valence-electron chi connectivity index (χ0n) is 14.3. The fourth-order valence-electron chi connectivity index (χ4n) is 3.13. The first-order chi connectivity index (χ1) is 11.2. The lowest BCUT2D eigenvalue weighted by Crippen LogP contribution is -2.58. The van der Waals surface area contributed by atoms with Gasteiger partial charge in [-0.15, -0.1) is 0 Å². The second-order valence-electron chi connectivity index (χ2n) is 7.59. The third kappa shape index (κ3) is 3.58. The quantitative estimate of drug-likeness (QED) is 0.729. The van der Waals surface area contributed by atoms with Gasteiger partial charge in [-0.1, -0.05) is 22.0 Å². The van der Waals surface area contributed by atoms with Gasteiger partial charge in [0.1, 0.15) is 5.60 Å². The summed E-state index contributed by atoms with van der Waals surface area (Å²) < 4.78 is 6.37. The van der Waals surface area contributed by atoms with Crippen molar-refractivity contribution in [3.8, 4) is 0 Å². The van der Waals surface area contributed by atoms with Crippen LogP contribution < -0.4 is 0 Å². The molecule has 0 radical (unpaired) electrons. The van der Waals surface area contributed by atoms with Gasteiger partial charge in [-0.05, 0) is 51.8 Å². The van der Waals surface area contributed by atoms with Gasteiger partial charge in [-0.2, -0.15) is 0 Å². The van der Waals surface area contributed by atoms with Gasteiger partial charge < -0.3 is 14.5 Å². The van der Waals surface area contributed by atoms with Crippen LogP contribution in [0.2, 0.25) is 0 Å². The summed E-state index contributed by atoms with van der Waals surface area (Å²) in [4.78, 5) is 28.9. The van der Waals surface area contributed by atoms with E-state index < -0.39 is 5.60 Å². The van der Waals surface area contributed by atoms with Crippen molar-refractivity contribution in [1.82, 2.24) is 9.80 Å². The molecule has 0 atom stereocenters. The minimum atomic E-state index is -0.503. The van der Waals surface area contributed by atoms with Crippen molar-refractivity contribution in [3.63, 3.8) is 0 Å². The molecule has 2 aliphatic rings. The molecular weight excluding hydrogens is 372 g/mol. The van der Waals surface area contributed by atoms with Crippen LogP contribution in [0.5, 0.6) is 0 Å². The fourth-order valence-corrected chi connectivity index (χ4v) is 3.53. The minimum absolute atomic E-state index is 0.0395. The van der Waals surface area contributed by atoms with Crippen LogP contribution in [0, 0.1) is 0 Å². The fraction of sp³-hybridized carbons (Fsp3) is 0.556. The molecule has 1 aliphatic heterocycles. The van der Waals surface area contributed by atoms with Gasteiger partial charge in [-0.25, -0.2) is 4.79 Å². The van der Waals surface area contributed by atoms with Gasteiger partial charge in [0.2, 0.25) is 0 Å². The molecule has 24 heavy (non-hydrogen) atoms. The molecule has 3 rings (SSSR count). The van der Waals surface area contributed by atoms with Crippen molar-refractivity contribution in [1.29, 1.82) is 0 Å². The number of carbonyl (C=O) groups excluding carboxylic acids is 2. The lowest BCUT2D eigenvalue weighted by Gasteiger charge is -2.42.